The molecule has 1 aliphatic heterocycles. The van der Waals surface area contributed by atoms with Gasteiger partial charge < -0.3 is 24.3 Å². The Labute approximate surface area is 222 Å². The van der Waals surface area contributed by atoms with Crippen LogP contribution in [0.1, 0.15) is 24.8 Å². The van der Waals surface area contributed by atoms with E-state index in [1.807, 2.05) is 53.1 Å². The number of anilines is 1. The highest BCUT2D eigenvalue weighted by Gasteiger charge is 2.46. The molecule has 1 aliphatic rings. The second kappa shape index (κ2) is 11.2. The number of nitrogens with zero attached hydrogens (tertiary/aromatic N) is 3. The second-order valence-corrected chi connectivity index (χ2v) is 10.5. The number of methoxy groups -OCH3 is 1. The third-order valence-electron chi connectivity index (χ3n) is 7.26. The number of aromatic nitrogens is 1. The molecule has 7 nitrogen and oxygen atoms in total. The van der Waals surface area contributed by atoms with Gasteiger partial charge in [-0.2, -0.15) is 0 Å². The van der Waals surface area contributed by atoms with E-state index in [9.17, 15) is 4.79 Å². The number of para-hydroxylation sites is 2. The summed E-state index contributed by atoms with van der Waals surface area (Å²) in [5, 5.41) is 5.15. The van der Waals surface area contributed by atoms with Crippen LogP contribution < -0.4 is 15.6 Å². The Morgan fingerprint density at radius 3 is 2.51 bits per heavy atom. The Balaban J connectivity index is 1.45. The molecule has 2 unspecified atom stereocenters. The van der Waals surface area contributed by atoms with Crippen LogP contribution in [-0.4, -0.2) is 67.5 Å². The van der Waals surface area contributed by atoms with Crippen molar-refractivity contribution in [3.8, 4) is 5.75 Å². The predicted octanol–water partition coefficient (Wildman–Crippen LogP) is 5.01. The smallest absolute Gasteiger partial charge is 0.263 e. The van der Waals surface area contributed by atoms with E-state index in [1.54, 1.807) is 18.4 Å². The molecule has 8 heteroatoms. The first-order chi connectivity index (χ1) is 18.1. The molecular weight excluding hydrogens is 484 g/mol. The fourth-order valence-electron chi connectivity index (χ4n) is 5.04. The number of nitrogens with one attached hydrogen (secondary N) is 1. The highest BCUT2D eigenvalue weighted by molar-refractivity contribution is 7.20. The molecule has 0 aliphatic carbocycles. The molecule has 2 aromatic carbocycles. The molecule has 0 saturated carbocycles. The number of hydrogen-bond acceptors (Lipinski definition) is 7. The number of thiophene rings is 1. The van der Waals surface area contributed by atoms with Crippen LogP contribution in [0.4, 0.5) is 5.69 Å². The maximum Gasteiger partial charge on any atom is 0.263 e. The first-order valence-corrected chi connectivity index (χ1v) is 13.9. The fourth-order valence-corrected chi connectivity index (χ4v) is 6.39. The molecule has 1 N–H and O–H groups in total. The molecule has 4 aromatic rings. The van der Waals surface area contributed by atoms with Crippen molar-refractivity contribution in [1.29, 1.82) is 0 Å². The molecule has 0 spiro atoms. The van der Waals surface area contributed by atoms with Gasteiger partial charge >= 0.3 is 0 Å². The molecule has 196 valence electrons. The first-order valence-electron chi connectivity index (χ1n) is 13.1. The van der Waals surface area contributed by atoms with Gasteiger partial charge in [-0.05, 0) is 38.3 Å². The average molecular weight is 521 g/mol. The summed E-state index contributed by atoms with van der Waals surface area (Å²) >= 11 is 1.63. The summed E-state index contributed by atoms with van der Waals surface area (Å²) in [6.07, 6.45) is -0.0819. The van der Waals surface area contributed by atoms with Crippen molar-refractivity contribution in [2.75, 3.05) is 52.2 Å². The van der Waals surface area contributed by atoms with Crippen molar-refractivity contribution in [3.05, 3.63) is 69.8 Å². The number of rotatable bonds is 12. The highest BCUT2D eigenvalue weighted by Crippen LogP contribution is 2.51. The summed E-state index contributed by atoms with van der Waals surface area (Å²) in [5.74, 6) is 0.658. The molecule has 0 bridgehead atoms. The topological polar surface area (TPSA) is 62.3 Å². The molecule has 0 radical (unpaired) electrons. The molecule has 3 heterocycles. The van der Waals surface area contributed by atoms with E-state index < -0.39 is 0 Å². The van der Waals surface area contributed by atoms with Crippen LogP contribution in [0.3, 0.4) is 0 Å². The van der Waals surface area contributed by atoms with E-state index in [-0.39, 0.29) is 17.9 Å². The van der Waals surface area contributed by atoms with Crippen LogP contribution in [-0.2, 0) is 11.3 Å². The van der Waals surface area contributed by atoms with Crippen molar-refractivity contribution in [2.45, 2.75) is 32.7 Å². The van der Waals surface area contributed by atoms with Gasteiger partial charge in [0.2, 0.25) is 0 Å². The van der Waals surface area contributed by atoms with E-state index in [0.717, 1.165) is 52.3 Å². The largest absolute Gasteiger partial charge is 0.495 e. The minimum atomic E-state index is -0.0830. The molecule has 5 rings (SSSR count). The summed E-state index contributed by atoms with van der Waals surface area (Å²) in [4.78, 5) is 19.6. The van der Waals surface area contributed by atoms with Gasteiger partial charge in [-0.25, -0.2) is 0 Å². The van der Waals surface area contributed by atoms with Gasteiger partial charge in [0.15, 0.2) is 0 Å². The lowest BCUT2D eigenvalue weighted by atomic mass is 10.1. The van der Waals surface area contributed by atoms with Crippen LogP contribution in [0.15, 0.2) is 59.4 Å². The number of ether oxygens (including phenoxy) is 2. The number of fused-ring (bicyclic) bond motifs is 3. The zero-order valence-electron chi connectivity index (χ0n) is 22.1. The molecule has 0 amide bonds. The Morgan fingerprint density at radius 1 is 1.05 bits per heavy atom. The first kappa shape index (κ1) is 25.7. The van der Waals surface area contributed by atoms with Gasteiger partial charge in [-0.15, -0.1) is 11.3 Å². The second-order valence-electron chi connectivity index (χ2n) is 9.43. The molecule has 1 saturated heterocycles. The monoisotopic (exact) mass is 520 g/mol. The van der Waals surface area contributed by atoms with Crippen LogP contribution in [0.2, 0.25) is 0 Å². The van der Waals surface area contributed by atoms with E-state index in [2.05, 4.69) is 42.1 Å². The van der Waals surface area contributed by atoms with Crippen molar-refractivity contribution >= 4 is 38.0 Å². The van der Waals surface area contributed by atoms with Gasteiger partial charge in [0.05, 0.1) is 22.2 Å². The molecular formula is C29H36N4O3S. The van der Waals surface area contributed by atoms with Crippen molar-refractivity contribution < 1.29 is 9.47 Å². The van der Waals surface area contributed by atoms with Gasteiger partial charge in [-0.1, -0.05) is 50.2 Å². The molecule has 37 heavy (non-hydrogen) atoms. The summed E-state index contributed by atoms with van der Waals surface area (Å²) in [5.41, 5.74) is 1.96. The summed E-state index contributed by atoms with van der Waals surface area (Å²) in [6, 6.07) is 18.2. The Hall–Kier alpha value is -2.91. The fraction of sp³-hybridized carbons (Fsp3) is 0.414. The van der Waals surface area contributed by atoms with Gasteiger partial charge in [0.1, 0.15) is 23.5 Å². The van der Waals surface area contributed by atoms with Crippen molar-refractivity contribution in [3.63, 3.8) is 0 Å². The van der Waals surface area contributed by atoms with Gasteiger partial charge in [0.25, 0.3) is 5.56 Å². The van der Waals surface area contributed by atoms with Crippen LogP contribution >= 0.6 is 11.3 Å². The Kier molecular flexibility index (Phi) is 7.81. The summed E-state index contributed by atoms with van der Waals surface area (Å²) < 4.78 is 14.9. The van der Waals surface area contributed by atoms with Gasteiger partial charge in [0, 0.05) is 37.3 Å². The van der Waals surface area contributed by atoms with Crippen LogP contribution in [0.25, 0.3) is 21.0 Å². The van der Waals surface area contributed by atoms with Crippen molar-refractivity contribution in [1.82, 2.24) is 14.4 Å². The van der Waals surface area contributed by atoms with E-state index in [1.165, 1.54) is 0 Å². The maximum atomic E-state index is 13.9. The van der Waals surface area contributed by atoms with E-state index in [0.29, 0.717) is 24.2 Å². The average Bonchev–Trinajstić information content (AvgIpc) is 3.64. The lowest BCUT2D eigenvalue weighted by molar-refractivity contribution is 0.180. The normalized spacial score (nSPS) is 17.2. The third-order valence-corrected chi connectivity index (χ3v) is 8.52. The standard InChI is InChI=1S/C29H36N4O3S/c1-5-32(6-2)19-18-31(3)29-25(36-29)27-24(35-4)23-26(37-27)21-14-10-11-15-22(21)33(28(23)34)17-16-30-20-12-8-7-9-13-20/h7-15,25,29-30H,5-6,16-19H2,1-4H3. The number of benzene rings is 2. The van der Waals surface area contributed by atoms with E-state index in [4.69, 9.17) is 9.47 Å². The zero-order valence-corrected chi connectivity index (χ0v) is 22.9. The SMILES string of the molecule is CCN(CC)CCN(C)C1OC1c1sc2c(c1OC)c(=O)n(CCNc1ccccc1)c1ccccc21. The van der Waals surface area contributed by atoms with Crippen LogP contribution in [0.5, 0.6) is 5.75 Å². The molecule has 2 atom stereocenters. The number of likely N-dealkylation sites (N-methyl/N-ethyl adjacent to an activating group) is 2. The summed E-state index contributed by atoms with van der Waals surface area (Å²) in [6.45, 7) is 9.60. The number of epoxide rings is 1. The minimum Gasteiger partial charge on any atom is -0.495 e. The zero-order chi connectivity index (χ0) is 25.9. The third kappa shape index (κ3) is 5.11. The lowest BCUT2D eigenvalue weighted by Crippen LogP contribution is -2.34. The molecule has 2 aromatic heterocycles. The van der Waals surface area contributed by atoms with Gasteiger partial charge in [-0.3, -0.25) is 9.69 Å². The predicted molar refractivity (Wildman–Crippen MR) is 153 cm³/mol. The lowest BCUT2D eigenvalue weighted by Gasteiger charge is -2.21. The summed E-state index contributed by atoms with van der Waals surface area (Å²) in [7, 11) is 3.76. The highest BCUT2D eigenvalue weighted by atomic mass is 32.1. The maximum absolute atomic E-state index is 13.9. The van der Waals surface area contributed by atoms with Crippen molar-refractivity contribution in [2.24, 2.45) is 0 Å². The number of pyridine rings is 1. The number of hydrogen-bond donors (Lipinski definition) is 1. The minimum absolute atomic E-state index is 0.00101. The van der Waals surface area contributed by atoms with E-state index >= 15 is 0 Å². The Bertz CT molecular complexity index is 1410. The van der Waals surface area contributed by atoms with Crippen LogP contribution in [0, 0.1) is 0 Å². The molecule has 1 fully saturated rings. The Morgan fingerprint density at radius 2 is 1.78 bits per heavy atom. The quantitative estimate of drug-likeness (QED) is 0.265.